The Kier molecular flexibility index (Phi) is 7.53. The molecule has 0 N–H and O–H groups in total. The van der Waals surface area contributed by atoms with E-state index in [-0.39, 0.29) is 17.3 Å². The van der Waals surface area contributed by atoms with Gasteiger partial charge in [-0.15, -0.1) is 0 Å². The van der Waals surface area contributed by atoms with Gasteiger partial charge in [0.2, 0.25) is 0 Å². The molecular weight excluding hydrogens is 733 g/mol. The van der Waals surface area contributed by atoms with E-state index < -0.39 is 0 Å². The molecule has 4 aliphatic rings. The fourth-order valence-corrected chi connectivity index (χ4v) is 10.4. The number of ether oxygens (including phenoxy) is 1. The van der Waals surface area contributed by atoms with E-state index in [0.717, 1.165) is 34.0 Å². The molecule has 0 radical (unpaired) electrons. The standard InChI is InChI=1S/C55H44N4O/c1-34-14-5-11-22-46(34)58-33-57(48-27-26-45-51-41-18-6-8-20-43(41)52(53(45)54(48)58)44-21-9-7-19-42(44)51)36-15-13-16-37(31-36)60-38-24-25-40-39-17-10-12-23-47(39)59(49(40)32-38)50-30-35(28-29-56-50)55(2,3)4/h5-32,51-52H,33H2,1-4H3. The molecule has 0 amide bonds. The number of para-hydroxylation sites is 2. The molecule has 0 spiro atoms. The second kappa shape index (κ2) is 12.9. The van der Waals surface area contributed by atoms with Gasteiger partial charge in [0.15, 0.2) is 0 Å². The molecule has 13 rings (SSSR count). The van der Waals surface area contributed by atoms with Gasteiger partial charge < -0.3 is 14.5 Å². The summed E-state index contributed by atoms with van der Waals surface area (Å²) in [5.41, 5.74) is 18.1. The normalized spacial score (nSPS) is 16.2. The number of fused-ring (bicyclic) bond motifs is 4. The third-order valence-electron chi connectivity index (χ3n) is 13.2. The van der Waals surface area contributed by atoms with Gasteiger partial charge in [-0.3, -0.25) is 4.57 Å². The van der Waals surface area contributed by atoms with Crippen molar-refractivity contribution in [2.24, 2.45) is 0 Å². The molecule has 2 aromatic heterocycles. The molecule has 3 aliphatic carbocycles. The van der Waals surface area contributed by atoms with Crippen LogP contribution >= 0.6 is 0 Å². The van der Waals surface area contributed by atoms with Crippen LogP contribution in [-0.2, 0) is 5.41 Å². The number of anilines is 4. The van der Waals surface area contributed by atoms with Crippen LogP contribution < -0.4 is 14.5 Å². The minimum atomic E-state index is -0.00161. The highest BCUT2D eigenvalue weighted by Gasteiger charge is 2.45. The van der Waals surface area contributed by atoms with Crippen molar-refractivity contribution in [2.75, 3.05) is 16.5 Å². The maximum atomic E-state index is 6.81. The monoisotopic (exact) mass is 776 g/mol. The van der Waals surface area contributed by atoms with Crippen molar-refractivity contribution < 1.29 is 4.74 Å². The lowest BCUT2D eigenvalue weighted by molar-refractivity contribution is 0.483. The minimum Gasteiger partial charge on any atom is -0.457 e. The van der Waals surface area contributed by atoms with Crippen molar-refractivity contribution in [3.05, 3.63) is 214 Å². The third-order valence-corrected chi connectivity index (χ3v) is 13.2. The SMILES string of the molecule is Cc1ccccc1N1CN(c2cccc(Oc3ccc4c5ccccc5n(-c5cc(C(C)(C)C)ccn5)c4c3)c2)c2ccc3c(c21)C1c2ccccc2C3c2ccccc21. The largest absolute Gasteiger partial charge is 0.457 e. The summed E-state index contributed by atoms with van der Waals surface area (Å²) in [4.78, 5) is 9.91. The van der Waals surface area contributed by atoms with Gasteiger partial charge in [-0.25, -0.2) is 4.98 Å². The Morgan fingerprint density at radius 3 is 2.00 bits per heavy atom. The number of hydrogen-bond acceptors (Lipinski definition) is 4. The maximum Gasteiger partial charge on any atom is 0.137 e. The second-order valence-corrected chi connectivity index (χ2v) is 17.6. The van der Waals surface area contributed by atoms with Crippen molar-refractivity contribution in [1.82, 2.24) is 9.55 Å². The molecule has 0 saturated carbocycles. The van der Waals surface area contributed by atoms with Crippen LogP contribution in [0.25, 0.3) is 27.6 Å². The van der Waals surface area contributed by atoms with E-state index in [1.807, 2.05) is 6.20 Å². The van der Waals surface area contributed by atoms with Crippen molar-refractivity contribution in [3.8, 4) is 17.3 Å². The Morgan fingerprint density at radius 2 is 1.23 bits per heavy atom. The van der Waals surface area contributed by atoms with Crippen LogP contribution in [0, 0.1) is 6.92 Å². The predicted octanol–water partition coefficient (Wildman–Crippen LogP) is 13.8. The Bertz CT molecular complexity index is 3160. The van der Waals surface area contributed by atoms with Crippen molar-refractivity contribution in [1.29, 1.82) is 0 Å². The van der Waals surface area contributed by atoms with E-state index >= 15 is 0 Å². The van der Waals surface area contributed by atoms with Gasteiger partial charge in [0.25, 0.3) is 0 Å². The van der Waals surface area contributed by atoms with Crippen molar-refractivity contribution >= 4 is 44.6 Å². The third kappa shape index (κ3) is 5.15. The lowest BCUT2D eigenvalue weighted by Crippen LogP contribution is -2.29. The topological polar surface area (TPSA) is 33.5 Å². The first-order valence-electron chi connectivity index (χ1n) is 21.0. The smallest absolute Gasteiger partial charge is 0.137 e. The Morgan fingerprint density at radius 1 is 0.550 bits per heavy atom. The second-order valence-electron chi connectivity index (χ2n) is 17.6. The number of rotatable bonds is 5. The molecule has 290 valence electrons. The summed E-state index contributed by atoms with van der Waals surface area (Å²) < 4.78 is 9.08. The molecule has 60 heavy (non-hydrogen) atoms. The minimum absolute atomic E-state index is 0.00161. The highest BCUT2D eigenvalue weighted by molar-refractivity contribution is 6.09. The first-order valence-corrected chi connectivity index (χ1v) is 21.0. The highest BCUT2D eigenvalue weighted by Crippen LogP contribution is 2.61. The van der Waals surface area contributed by atoms with E-state index in [4.69, 9.17) is 9.72 Å². The summed E-state index contributed by atoms with van der Waals surface area (Å²) in [6, 6.07) is 59.7. The number of aryl methyl sites for hydroxylation is 1. The number of pyridine rings is 1. The van der Waals surface area contributed by atoms with Gasteiger partial charge in [-0.1, -0.05) is 118 Å². The number of nitrogens with zero attached hydrogens (tertiary/aromatic N) is 4. The van der Waals surface area contributed by atoms with Crippen LogP contribution in [-0.4, -0.2) is 16.2 Å². The van der Waals surface area contributed by atoms with Crippen LogP contribution in [0.15, 0.2) is 170 Å². The Hall–Kier alpha value is -7.11. The summed E-state index contributed by atoms with van der Waals surface area (Å²) in [5, 5.41) is 2.36. The quantitative estimate of drug-likeness (QED) is 0.174. The molecule has 3 heterocycles. The molecule has 0 fully saturated rings. The zero-order chi connectivity index (χ0) is 40.3. The van der Waals surface area contributed by atoms with E-state index in [2.05, 4.69) is 206 Å². The summed E-state index contributed by atoms with van der Waals surface area (Å²) in [6.07, 6.45) is 1.93. The fraction of sp³-hybridized carbons (Fsp3) is 0.145. The molecule has 0 saturated heterocycles. The van der Waals surface area contributed by atoms with Crippen LogP contribution in [0.1, 0.15) is 77.1 Å². The fourth-order valence-electron chi connectivity index (χ4n) is 10.4. The van der Waals surface area contributed by atoms with Gasteiger partial charge in [0, 0.05) is 52.3 Å². The Labute approximate surface area is 350 Å². The van der Waals surface area contributed by atoms with Gasteiger partial charge in [0.05, 0.1) is 22.4 Å². The van der Waals surface area contributed by atoms with Crippen molar-refractivity contribution in [3.63, 3.8) is 0 Å². The molecule has 1 aliphatic heterocycles. The van der Waals surface area contributed by atoms with Crippen molar-refractivity contribution in [2.45, 2.75) is 44.9 Å². The molecule has 0 unspecified atom stereocenters. The van der Waals surface area contributed by atoms with Gasteiger partial charge in [-0.2, -0.15) is 0 Å². The molecule has 5 heteroatoms. The van der Waals surface area contributed by atoms with Gasteiger partial charge >= 0.3 is 0 Å². The van der Waals surface area contributed by atoms with E-state index in [0.29, 0.717) is 6.67 Å². The molecule has 5 nitrogen and oxygen atoms in total. The zero-order valence-electron chi connectivity index (χ0n) is 34.2. The van der Waals surface area contributed by atoms with Crippen LogP contribution in [0.5, 0.6) is 11.5 Å². The maximum absolute atomic E-state index is 6.81. The van der Waals surface area contributed by atoms with Crippen LogP contribution in [0.2, 0.25) is 0 Å². The lowest BCUT2D eigenvalue weighted by Gasteiger charge is -2.43. The first-order chi connectivity index (χ1) is 29.3. The summed E-state index contributed by atoms with van der Waals surface area (Å²) in [5.74, 6) is 2.84. The molecule has 2 bridgehead atoms. The van der Waals surface area contributed by atoms with Gasteiger partial charge in [0.1, 0.15) is 24.0 Å². The predicted molar refractivity (Wildman–Crippen MR) is 245 cm³/mol. The number of benzene rings is 7. The van der Waals surface area contributed by atoms with E-state index in [1.54, 1.807) is 0 Å². The summed E-state index contributed by atoms with van der Waals surface area (Å²) >= 11 is 0. The van der Waals surface area contributed by atoms with Gasteiger partial charge in [-0.05, 0) is 111 Å². The Balaban J connectivity index is 0.965. The summed E-state index contributed by atoms with van der Waals surface area (Å²) in [7, 11) is 0. The van der Waals surface area contributed by atoms with E-state index in [9.17, 15) is 0 Å². The molecule has 0 atom stereocenters. The summed E-state index contributed by atoms with van der Waals surface area (Å²) in [6.45, 7) is 9.65. The molecule has 7 aromatic carbocycles. The number of hydrogen-bond donors (Lipinski definition) is 0. The molecule has 9 aromatic rings. The highest BCUT2D eigenvalue weighted by atomic mass is 16.5. The average molecular weight is 777 g/mol. The molecular formula is C55H44N4O. The van der Waals surface area contributed by atoms with Crippen LogP contribution in [0.3, 0.4) is 0 Å². The zero-order valence-corrected chi connectivity index (χ0v) is 34.2. The lowest BCUT2D eigenvalue weighted by atomic mass is 9.60. The van der Waals surface area contributed by atoms with E-state index in [1.165, 1.54) is 72.3 Å². The number of aromatic nitrogens is 2. The van der Waals surface area contributed by atoms with Crippen LogP contribution in [0.4, 0.5) is 22.7 Å². The average Bonchev–Trinajstić information content (AvgIpc) is 3.82. The first kappa shape index (κ1) is 34.9.